The molecule has 0 saturated carbocycles. The number of rotatable bonds is 4. The molecule has 0 fully saturated rings. The van der Waals surface area contributed by atoms with Crippen LogP contribution in [0.5, 0.6) is 5.75 Å². The fourth-order valence-electron chi connectivity index (χ4n) is 1.86. The average molecular weight is 290 g/mol. The van der Waals surface area contributed by atoms with Gasteiger partial charge < -0.3 is 20.1 Å². The highest BCUT2D eigenvalue weighted by molar-refractivity contribution is 5.98. The van der Waals surface area contributed by atoms with E-state index in [1.165, 1.54) is 7.11 Å². The Bertz CT molecular complexity index is 751. The number of pyridine rings is 1. The summed E-state index contributed by atoms with van der Waals surface area (Å²) >= 11 is 0. The molecule has 7 nitrogen and oxygen atoms in total. The lowest BCUT2D eigenvalue weighted by molar-refractivity contribution is -0.141. The molecular formula is C14H14N2O5. The van der Waals surface area contributed by atoms with Crippen LogP contribution in [0.25, 0.3) is 10.9 Å². The van der Waals surface area contributed by atoms with E-state index in [2.05, 4.69) is 15.0 Å². The molecule has 1 heterocycles. The molecule has 0 radical (unpaired) electrons. The van der Waals surface area contributed by atoms with Gasteiger partial charge in [-0.1, -0.05) is 12.1 Å². The van der Waals surface area contributed by atoms with Gasteiger partial charge in [-0.15, -0.1) is 0 Å². The van der Waals surface area contributed by atoms with Crippen molar-refractivity contribution in [1.29, 1.82) is 0 Å². The molecule has 3 N–H and O–H groups in total. The SMILES string of the molecule is COC(=O)CCC(=O)Nc1c(O)c2ccccc2[nH]c1=O. The molecule has 0 bridgehead atoms. The van der Waals surface area contributed by atoms with Crippen molar-refractivity contribution in [3.63, 3.8) is 0 Å². The van der Waals surface area contributed by atoms with Gasteiger partial charge in [-0.2, -0.15) is 0 Å². The molecule has 0 aliphatic carbocycles. The molecule has 21 heavy (non-hydrogen) atoms. The minimum atomic E-state index is -0.613. The molecule has 0 saturated heterocycles. The minimum absolute atomic E-state index is 0.103. The van der Waals surface area contributed by atoms with Crippen molar-refractivity contribution in [3.05, 3.63) is 34.6 Å². The summed E-state index contributed by atoms with van der Waals surface area (Å²) < 4.78 is 4.42. The number of carbonyl (C=O) groups excluding carboxylic acids is 2. The molecule has 1 amide bonds. The van der Waals surface area contributed by atoms with Gasteiger partial charge >= 0.3 is 5.97 Å². The highest BCUT2D eigenvalue weighted by Crippen LogP contribution is 2.27. The number of H-pyrrole nitrogens is 1. The number of hydrogen-bond donors (Lipinski definition) is 3. The maximum absolute atomic E-state index is 11.9. The molecule has 0 spiro atoms. The fourth-order valence-corrected chi connectivity index (χ4v) is 1.86. The number of fused-ring (bicyclic) bond motifs is 1. The number of anilines is 1. The van der Waals surface area contributed by atoms with Crippen LogP contribution in [0.2, 0.25) is 0 Å². The van der Waals surface area contributed by atoms with Crippen LogP contribution < -0.4 is 10.9 Å². The average Bonchev–Trinajstić information content (AvgIpc) is 2.49. The summed E-state index contributed by atoms with van der Waals surface area (Å²) in [6.07, 6.45) is -0.243. The predicted octanol–water partition coefficient (Wildman–Crippen LogP) is 1.13. The second kappa shape index (κ2) is 6.08. The van der Waals surface area contributed by atoms with E-state index in [0.29, 0.717) is 10.9 Å². The van der Waals surface area contributed by atoms with Gasteiger partial charge in [0.15, 0.2) is 5.75 Å². The minimum Gasteiger partial charge on any atom is -0.505 e. The van der Waals surface area contributed by atoms with Gasteiger partial charge in [-0.3, -0.25) is 14.4 Å². The van der Waals surface area contributed by atoms with Crippen molar-refractivity contribution in [1.82, 2.24) is 4.98 Å². The first-order valence-corrected chi connectivity index (χ1v) is 6.23. The lowest BCUT2D eigenvalue weighted by Crippen LogP contribution is -2.20. The lowest BCUT2D eigenvalue weighted by atomic mass is 10.2. The van der Waals surface area contributed by atoms with E-state index in [4.69, 9.17) is 0 Å². The Hall–Kier alpha value is -2.83. The number of nitrogens with one attached hydrogen (secondary N) is 2. The zero-order chi connectivity index (χ0) is 15.4. The normalized spacial score (nSPS) is 10.3. The molecule has 0 aliphatic rings. The Balaban J connectivity index is 2.24. The van der Waals surface area contributed by atoms with Gasteiger partial charge in [0.2, 0.25) is 5.91 Å². The number of para-hydroxylation sites is 1. The number of ether oxygens (including phenoxy) is 1. The van der Waals surface area contributed by atoms with Crippen LogP contribution in [0, 0.1) is 0 Å². The first-order valence-electron chi connectivity index (χ1n) is 6.23. The first-order chi connectivity index (χ1) is 10.0. The molecule has 2 aromatic rings. The van der Waals surface area contributed by atoms with Crippen molar-refractivity contribution in [2.45, 2.75) is 12.8 Å². The van der Waals surface area contributed by atoms with Crippen LogP contribution in [-0.4, -0.2) is 29.1 Å². The van der Waals surface area contributed by atoms with E-state index >= 15 is 0 Å². The summed E-state index contributed by atoms with van der Waals surface area (Å²) in [5.74, 6) is -1.39. The Morgan fingerprint density at radius 1 is 1.29 bits per heavy atom. The Labute approximate surface area is 119 Å². The number of aromatic hydroxyl groups is 1. The van der Waals surface area contributed by atoms with Crippen LogP contribution in [0.3, 0.4) is 0 Å². The number of methoxy groups -OCH3 is 1. The van der Waals surface area contributed by atoms with E-state index in [-0.39, 0.29) is 24.3 Å². The van der Waals surface area contributed by atoms with Crippen LogP contribution in [0.4, 0.5) is 5.69 Å². The maximum Gasteiger partial charge on any atom is 0.306 e. The van der Waals surface area contributed by atoms with Crippen LogP contribution >= 0.6 is 0 Å². The summed E-state index contributed by atoms with van der Waals surface area (Å²) in [5, 5.41) is 12.8. The standard InChI is InChI=1S/C14H14N2O5/c1-21-11(18)7-6-10(17)16-12-13(19)8-4-2-3-5-9(8)15-14(12)20/h2-5H,6-7H2,1H3,(H,16,17)(H2,15,19,20). The van der Waals surface area contributed by atoms with Gasteiger partial charge in [0.05, 0.1) is 19.0 Å². The summed E-state index contributed by atoms with van der Waals surface area (Å²) in [5.41, 5.74) is -0.381. The molecule has 2 rings (SSSR count). The van der Waals surface area contributed by atoms with E-state index in [1.807, 2.05) is 0 Å². The fraction of sp³-hybridized carbons (Fsp3) is 0.214. The summed E-state index contributed by atoms with van der Waals surface area (Å²) in [6.45, 7) is 0. The third-order valence-corrected chi connectivity index (χ3v) is 2.94. The number of benzene rings is 1. The van der Waals surface area contributed by atoms with E-state index in [0.717, 1.165) is 0 Å². The van der Waals surface area contributed by atoms with E-state index in [1.54, 1.807) is 24.3 Å². The van der Waals surface area contributed by atoms with Crippen molar-refractivity contribution in [2.75, 3.05) is 12.4 Å². The zero-order valence-corrected chi connectivity index (χ0v) is 11.3. The number of hydrogen-bond acceptors (Lipinski definition) is 5. The highest BCUT2D eigenvalue weighted by Gasteiger charge is 2.15. The predicted molar refractivity (Wildman–Crippen MR) is 76.1 cm³/mol. The topological polar surface area (TPSA) is 108 Å². The lowest BCUT2D eigenvalue weighted by Gasteiger charge is -2.08. The van der Waals surface area contributed by atoms with Crippen LogP contribution in [-0.2, 0) is 14.3 Å². The summed E-state index contributed by atoms with van der Waals surface area (Å²) in [7, 11) is 1.22. The molecular weight excluding hydrogens is 276 g/mol. The van der Waals surface area contributed by atoms with Gasteiger partial charge in [0.1, 0.15) is 5.69 Å². The molecule has 0 aliphatic heterocycles. The van der Waals surface area contributed by atoms with E-state index in [9.17, 15) is 19.5 Å². The molecule has 7 heteroatoms. The van der Waals surface area contributed by atoms with Crippen molar-refractivity contribution in [3.8, 4) is 5.75 Å². The number of aromatic nitrogens is 1. The largest absolute Gasteiger partial charge is 0.505 e. The van der Waals surface area contributed by atoms with Crippen LogP contribution in [0.1, 0.15) is 12.8 Å². The quantitative estimate of drug-likeness (QED) is 0.731. The van der Waals surface area contributed by atoms with Gasteiger partial charge in [0.25, 0.3) is 5.56 Å². The Kier molecular flexibility index (Phi) is 4.22. The van der Waals surface area contributed by atoms with Crippen molar-refractivity contribution in [2.24, 2.45) is 0 Å². The smallest absolute Gasteiger partial charge is 0.306 e. The molecule has 0 atom stereocenters. The van der Waals surface area contributed by atoms with Gasteiger partial charge in [-0.25, -0.2) is 0 Å². The molecule has 110 valence electrons. The van der Waals surface area contributed by atoms with Crippen LogP contribution in [0.15, 0.2) is 29.1 Å². The maximum atomic E-state index is 11.9. The van der Waals surface area contributed by atoms with Gasteiger partial charge in [-0.05, 0) is 12.1 Å². The highest BCUT2D eigenvalue weighted by atomic mass is 16.5. The number of amides is 1. The number of esters is 1. The van der Waals surface area contributed by atoms with E-state index < -0.39 is 17.4 Å². The van der Waals surface area contributed by atoms with Crippen molar-refractivity contribution < 1.29 is 19.4 Å². The summed E-state index contributed by atoms with van der Waals surface area (Å²) in [6, 6.07) is 6.67. The second-order valence-corrected chi connectivity index (χ2v) is 4.35. The third kappa shape index (κ3) is 3.19. The Morgan fingerprint density at radius 2 is 2.00 bits per heavy atom. The van der Waals surface area contributed by atoms with Crippen molar-refractivity contribution >= 4 is 28.5 Å². The molecule has 0 unspecified atom stereocenters. The zero-order valence-electron chi connectivity index (χ0n) is 11.3. The van der Waals surface area contributed by atoms with Gasteiger partial charge in [0, 0.05) is 11.8 Å². The second-order valence-electron chi connectivity index (χ2n) is 4.35. The summed E-state index contributed by atoms with van der Waals surface area (Å²) in [4.78, 5) is 37.1. The third-order valence-electron chi connectivity index (χ3n) is 2.94. The molecule has 1 aromatic heterocycles. The number of aromatic amines is 1. The Morgan fingerprint density at radius 3 is 2.71 bits per heavy atom. The molecule has 1 aromatic carbocycles. The first kappa shape index (κ1) is 14.6. The monoisotopic (exact) mass is 290 g/mol. The number of carbonyl (C=O) groups is 2.